The number of amides is 1. The van der Waals surface area contributed by atoms with Crippen LogP contribution in [0.5, 0.6) is 0 Å². The minimum Gasteiger partial charge on any atom is -0.394 e. The summed E-state index contributed by atoms with van der Waals surface area (Å²) in [6, 6.07) is 0. The number of carbonyl (C=O) groups is 1. The molecule has 6 nitrogen and oxygen atoms in total. The van der Waals surface area contributed by atoms with E-state index in [0.717, 1.165) is 6.26 Å². The lowest BCUT2D eigenvalue weighted by Crippen LogP contribution is -2.58. The van der Waals surface area contributed by atoms with Crippen molar-refractivity contribution in [2.45, 2.75) is 31.1 Å². The molecule has 0 aromatic carbocycles. The Balaban J connectivity index is 4.98. The minimum atomic E-state index is -3.57. The smallest absolute Gasteiger partial charge is 0.241 e. The molecule has 96 valence electrons. The van der Waals surface area contributed by atoms with Crippen LogP contribution in [0, 0.1) is 0 Å². The number of aliphatic hydroxyl groups is 2. The molecular formula is C9H19NO5S. The Morgan fingerprint density at radius 2 is 1.56 bits per heavy atom. The van der Waals surface area contributed by atoms with Gasteiger partial charge in [-0.1, -0.05) is 0 Å². The first kappa shape index (κ1) is 15.3. The van der Waals surface area contributed by atoms with Gasteiger partial charge >= 0.3 is 0 Å². The number of rotatable bonds is 5. The Hall–Kier alpha value is -0.660. The van der Waals surface area contributed by atoms with E-state index in [9.17, 15) is 13.2 Å². The molecule has 3 N–H and O–H groups in total. The van der Waals surface area contributed by atoms with Gasteiger partial charge in [-0.2, -0.15) is 0 Å². The van der Waals surface area contributed by atoms with Gasteiger partial charge in [-0.15, -0.1) is 0 Å². The van der Waals surface area contributed by atoms with Crippen LogP contribution in [-0.4, -0.2) is 54.3 Å². The van der Waals surface area contributed by atoms with Crippen molar-refractivity contribution >= 4 is 15.7 Å². The lowest BCUT2D eigenvalue weighted by atomic mass is 10.0. The van der Waals surface area contributed by atoms with Gasteiger partial charge in [-0.25, -0.2) is 8.42 Å². The molecule has 0 atom stereocenters. The number of aliphatic hydroxyl groups excluding tert-OH is 2. The highest BCUT2D eigenvalue weighted by Crippen LogP contribution is 2.16. The van der Waals surface area contributed by atoms with E-state index in [4.69, 9.17) is 10.2 Å². The van der Waals surface area contributed by atoms with Crippen LogP contribution in [0.2, 0.25) is 0 Å². The SMILES string of the molecule is CC(CO)(CO)NC(=O)C(C)(C)S(C)(=O)=O. The molecule has 0 bridgehead atoms. The van der Waals surface area contributed by atoms with Crippen LogP contribution in [0.25, 0.3) is 0 Å². The molecule has 0 aliphatic rings. The van der Waals surface area contributed by atoms with Crippen LogP contribution >= 0.6 is 0 Å². The molecule has 0 unspecified atom stereocenters. The van der Waals surface area contributed by atoms with Gasteiger partial charge in [-0.3, -0.25) is 4.79 Å². The quantitative estimate of drug-likeness (QED) is 0.563. The molecule has 0 rings (SSSR count). The average molecular weight is 253 g/mol. The summed E-state index contributed by atoms with van der Waals surface area (Å²) >= 11 is 0. The summed E-state index contributed by atoms with van der Waals surface area (Å²) in [4.78, 5) is 11.7. The Kier molecular flexibility index (Phi) is 4.49. The Labute approximate surface area is 95.6 Å². The maximum absolute atomic E-state index is 11.7. The highest BCUT2D eigenvalue weighted by Gasteiger charge is 2.41. The molecule has 0 spiro atoms. The fourth-order valence-electron chi connectivity index (χ4n) is 0.722. The minimum absolute atomic E-state index is 0.477. The van der Waals surface area contributed by atoms with E-state index in [-0.39, 0.29) is 0 Å². The van der Waals surface area contributed by atoms with Crippen molar-refractivity contribution in [2.75, 3.05) is 19.5 Å². The molecule has 1 amide bonds. The van der Waals surface area contributed by atoms with Crippen LogP contribution in [0.4, 0.5) is 0 Å². The summed E-state index contributed by atoms with van der Waals surface area (Å²) in [6.45, 7) is 3.01. The maximum atomic E-state index is 11.7. The molecule has 0 aromatic rings. The number of carbonyl (C=O) groups excluding carboxylic acids is 1. The van der Waals surface area contributed by atoms with Crippen molar-refractivity contribution in [3.05, 3.63) is 0 Å². The molecule has 0 saturated carbocycles. The van der Waals surface area contributed by atoms with Gasteiger partial charge in [0.1, 0.15) is 4.75 Å². The molecule has 7 heteroatoms. The molecule has 0 saturated heterocycles. The normalized spacial score (nSPS) is 13.6. The lowest BCUT2D eigenvalue weighted by Gasteiger charge is -2.31. The predicted molar refractivity (Wildman–Crippen MR) is 59.6 cm³/mol. The second-order valence-electron chi connectivity index (χ2n) is 4.61. The van der Waals surface area contributed by atoms with E-state index >= 15 is 0 Å². The van der Waals surface area contributed by atoms with E-state index in [0.29, 0.717) is 0 Å². The maximum Gasteiger partial charge on any atom is 0.241 e. The van der Waals surface area contributed by atoms with Crippen LogP contribution in [0.15, 0.2) is 0 Å². The van der Waals surface area contributed by atoms with Crippen molar-refractivity contribution in [3.8, 4) is 0 Å². The first-order valence-corrected chi connectivity index (χ1v) is 6.63. The van der Waals surface area contributed by atoms with Crippen molar-refractivity contribution in [1.29, 1.82) is 0 Å². The summed E-state index contributed by atoms with van der Waals surface area (Å²) in [5, 5.41) is 20.3. The predicted octanol–water partition coefficient (Wildman–Crippen LogP) is -1.33. The fourth-order valence-corrected chi connectivity index (χ4v) is 1.11. The summed E-state index contributed by atoms with van der Waals surface area (Å²) in [5.74, 6) is -0.749. The molecule has 0 fully saturated rings. The number of hydrogen-bond donors (Lipinski definition) is 3. The number of sulfone groups is 1. The average Bonchev–Trinajstić information content (AvgIpc) is 2.15. The van der Waals surface area contributed by atoms with Gasteiger partial charge in [-0.05, 0) is 20.8 Å². The van der Waals surface area contributed by atoms with Crippen LogP contribution in [0.3, 0.4) is 0 Å². The van der Waals surface area contributed by atoms with Gasteiger partial charge in [0.2, 0.25) is 5.91 Å². The fraction of sp³-hybridized carbons (Fsp3) is 0.889. The molecule has 0 aliphatic heterocycles. The van der Waals surface area contributed by atoms with E-state index in [1.165, 1.54) is 20.8 Å². The third-order valence-electron chi connectivity index (χ3n) is 2.59. The number of hydrogen-bond acceptors (Lipinski definition) is 5. The largest absolute Gasteiger partial charge is 0.394 e. The first-order chi connectivity index (χ1) is 7.00. The summed E-state index contributed by atoms with van der Waals surface area (Å²) < 4.78 is 21.1. The standard InChI is InChI=1S/C9H19NO5S/c1-8(2,16(4,14)15)7(13)10-9(3,5-11)6-12/h11-12H,5-6H2,1-4H3,(H,10,13). The topological polar surface area (TPSA) is 104 Å². The monoisotopic (exact) mass is 253 g/mol. The van der Waals surface area contributed by atoms with E-state index in [1.807, 2.05) is 0 Å². The van der Waals surface area contributed by atoms with Crippen molar-refractivity contribution < 1.29 is 23.4 Å². The summed E-state index contributed by atoms with van der Waals surface area (Å²) in [5.41, 5.74) is -1.22. The second-order valence-corrected chi connectivity index (χ2v) is 7.18. The zero-order valence-corrected chi connectivity index (χ0v) is 10.8. The molecule has 16 heavy (non-hydrogen) atoms. The van der Waals surface area contributed by atoms with Crippen LogP contribution < -0.4 is 5.32 Å². The number of nitrogens with one attached hydrogen (secondary N) is 1. The summed E-state index contributed by atoms with van der Waals surface area (Å²) in [7, 11) is -3.57. The third kappa shape index (κ3) is 3.16. The third-order valence-corrected chi connectivity index (χ3v) is 4.63. The first-order valence-electron chi connectivity index (χ1n) is 4.74. The van der Waals surface area contributed by atoms with Crippen LogP contribution in [0.1, 0.15) is 20.8 Å². The zero-order valence-electron chi connectivity index (χ0n) is 9.94. The highest BCUT2D eigenvalue weighted by molar-refractivity contribution is 7.92. The molecule has 0 heterocycles. The van der Waals surface area contributed by atoms with E-state index < -0.39 is 39.2 Å². The van der Waals surface area contributed by atoms with Crippen molar-refractivity contribution in [3.63, 3.8) is 0 Å². The van der Waals surface area contributed by atoms with Gasteiger partial charge < -0.3 is 15.5 Å². The summed E-state index contributed by atoms with van der Waals surface area (Å²) in [6.07, 6.45) is 0.960. The Bertz CT molecular complexity index is 356. The molecule has 0 aromatic heterocycles. The Morgan fingerprint density at radius 3 is 1.81 bits per heavy atom. The molecule has 0 radical (unpaired) electrons. The zero-order chi connectivity index (χ0) is 13.2. The van der Waals surface area contributed by atoms with Gasteiger partial charge in [0, 0.05) is 6.26 Å². The van der Waals surface area contributed by atoms with Gasteiger partial charge in [0.05, 0.1) is 18.8 Å². The Morgan fingerprint density at radius 1 is 1.19 bits per heavy atom. The lowest BCUT2D eigenvalue weighted by molar-refractivity contribution is -0.125. The van der Waals surface area contributed by atoms with Gasteiger partial charge in [0.25, 0.3) is 0 Å². The van der Waals surface area contributed by atoms with Crippen LogP contribution in [-0.2, 0) is 14.6 Å². The highest BCUT2D eigenvalue weighted by atomic mass is 32.2. The molecular weight excluding hydrogens is 234 g/mol. The van der Waals surface area contributed by atoms with Crippen molar-refractivity contribution in [2.24, 2.45) is 0 Å². The van der Waals surface area contributed by atoms with E-state index in [2.05, 4.69) is 5.32 Å². The van der Waals surface area contributed by atoms with Gasteiger partial charge in [0.15, 0.2) is 9.84 Å². The van der Waals surface area contributed by atoms with E-state index in [1.54, 1.807) is 0 Å². The van der Waals surface area contributed by atoms with Crippen molar-refractivity contribution in [1.82, 2.24) is 5.32 Å². The molecule has 0 aliphatic carbocycles. The second kappa shape index (κ2) is 4.68.